The lowest BCUT2D eigenvalue weighted by molar-refractivity contribution is -0.385. The van der Waals surface area contributed by atoms with Crippen molar-refractivity contribution in [2.45, 2.75) is 6.42 Å². The van der Waals surface area contributed by atoms with Gasteiger partial charge in [0.05, 0.1) is 36.3 Å². The lowest BCUT2D eigenvalue weighted by Gasteiger charge is -2.14. The molecule has 0 N–H and O–H groups in total. The van der Waals surface area contributed by atoms with Crippen molar-refractivity contribution in [1.82, 2.24) is 0 Å². The quantitative estimate of drug-likeness (QED) is 0.269. The van der Waals surface area contributed by atoms with E-state index in [2.05, 4.69) is 0 Å². The maximum atomic E-state index is 12.2. The van der Waals surface area contributed by atoms with Crippen LogP contribution in [0, 0.1) is 20.2 Å². The Morgan fingerprint density at radius 2 is 1.06 bits per heavy atom. The maximum Gasteiger partial charge on any atom is 0.337 e. The molecule has 0 radical (unpaired) electrons. The number of rotatable bonds is 2. The van der Waals surface area contributed by atoms with Gasteiger partial charge in [0.2, 0.25) is 0 Å². The Morgan fingerprint density at radius 1 is 0.647 bits per heavy atom. The molecular weight excluding hydrogens is 456 g/mol. The van der Waals surface area contributed by atoms with Crippen LogP contribution in [-0.2, 0) is 30.2 Å². The molecule has 1 aliphatic rings. The Labute approximate surface area is 192 Å². The molecule has 34 heavy (non-hydrogen) atoms. The summed E-state index contributed by atoms with van der Waals surface area (Å²) in [6, 6.07) is 7.12. The van der Waals surface area contributed by atoms with E-state index >= 15 is 0 Å². The highest BCUT2D eigenvalue weighted by Gasteiger charge is 2.20. The van der Waals surface area contributed by atoms with Crippen molar-refractivity contribution >= 4 is 23.3 Å². The highest BCUT2D eigenvalue weighted by atomic mass is 16.6. The van der Waals surface area contributed by atoms with Crippen LogP contribution < -0.4 is 9.47 Å². The van der Waals surface area contributed by atoms with Crippen molar-refractivity contribution in [3.05, 3.63) is 67.8 Å². The Kier molecular flexibility index (Phi) is 8.56. The Balaban J connectivity index is 2.00. The number of carbonyl (C=O) groups is 2. The average Bonchev–Trinajstić information content (AvgIpc) is 2.79. The number of nitro benzene ring substituents is 2. The fraction of sp³-hybridized carbons (Fsp3) is 0.333. The first-order chi connectivity index (χ1) is 16.3. The van der Waals surface area contributed by atoms with Gasteiger partial charge in [0.1, 0.15) is 24.7 Å². The van der Waals surface area contributed by atoms with Crippen LogP contribution in [0.2, 0.25) is 0 Å². The summed E-state index contributed by atoms with van der Waals surface area (Å²) in [4.78, 5) is 45.6. The summed E-state index contributed by atoms with van der Waals surface area (Å²) in [6.07, 6.45) is -0.176. The van der Waals surface area contributed by atoms with Crippen molar-refractivity contribution in [3.8, 4) is 11.5 Å². The third-order valence-corrected chi connectivity index (χ3v) is 4.52. The predicted molar refractivity (Wildman–Crippen MR) is 113 cm³/mol. The van der Waals surface area contributed by atoms with Crippen LogP contribution in [0.15, 0.2) is 36.4 Å². The summed E-state index contributed by atoms with van der Waals surface area (Å²) in [6.45, 7) is -0.236. The zero-order valence-corrected chi connectivity index (χ0v) is 17.8. The summed E-state index contributed by atoms with van der Waals surface area (Å²) in [5, 5.41) is 22.5. The second-order valence-corrected chi connectivity index (χ2v) is 6.94. The lowest BCUT2D eigenvalue weighted by atomic mass is 10.0. The van der Waals surface area contributed by atoms with E-state index in [0.717, 1.165) is 12.1 Å². The van der Waals surface area contributed by atoms with Crippen molar-refractivity contribution in [2.75, 3.05) is 39.6 Å². The molecule has 0 spiro atoms. The van der Waals surface area contributed by atoms with Crippen molar-refractivity contribution in [2.24, 2.45) is 0 Å². The van der Waals surface area contributed by atoms with Crippen LogP contribution in [0.5, 0.6) is 11.5 Å². The van der Waals surface area contributed by atoms with Gasteiger partial charge in [-0.05, 0) is 12.1 Å². The van der Waals surface area contributed by atoms with E-state index < -0.39 is 35.0 Å². The number of hydrogen-bond acceptors (Lipinski definition) is 11. The summed E-state index contributed by atoms with van der Waals surface area (Å²) < 4.78 is 26.2. The molecule has 0 aliphatic carbocycles. The molecular formula is C21H20N2O11. The second kappa shape index (κ2) is 11.8. The smallest absolute Gasteiger partial charge is 0.337 e. The first-order valence-electron chi connectivity index (χ1n) is 10.0. The molecule has 0 amide bonds. The van der Waals surface area contributed by atoms with Crippen LogP contribution in [0.25, 0.3) is 0 Å². The molecule has 1 heterocycles. The number of hydrogen-bond donors (Lipinski definition) is 0. The second-order valence-electron chi connectivity index (χ2n) is 6.94. The molecule has 1 aliphatic heterocycles. The number of fused-ring (bicyclic) bond motifs is 2. The number of non-ortho nitro benzene ring substituents is 2. The monoisotopic (exact) mass is 476 g/mol. The van der Waals surface area contributed by atoms with Crippen molar-refractivity contribution in [3.63, 3.8) is 0 Å². The van der Waals surface area contributed by atoms with E-state index in [1.54, 1.807) is 0 Å². The molecule has 180 valence electrons. The topological polar surface area (TPSA) is 167 Å². The van der Waals surface area contributed by atoms with E-state index in [0.29, 0.717) is 0 Å². The molecule has 13 nitrogen and oxygen atoms in total. The third-order valence-electron chi connectivity index (χ3n) is 4.52. The molecule has 0 fully saturated rings. The molecule has 0 saturated carbocycles. The van der Waals surface area contributed by atoms with Gasteiger partial charge in [-0.3, -0.25) is 20.2 Å². The molecule has 0 saturated heterocycles. The van der Waals surface area contributed by atoms with Crippen LogP contribution >= 0.6 is 0 Å². The molecule has 13 heteroatoms. The lowest BCUT2D eigenvalue weighted by Crippen LogP contribution is -2.20. The van der Waals surface area contributed by atoms with Crippen molar-refractivity contribution < 1.29 is 43.1 Å². The van der Waals surface area contributed by atoms with Gasteiger partial charge < -0.3 is 23.7 Å². The molecule has 2 aromatic carbocycles. The van der Waals surface area contributed by atoms with E-state index in [1.807, 2.05) is 0 Å². The Bertz CT molecular complexity index is 1000. The first kappa shape index (κ1) is 24.7. The molecule has 0 bridgehead atoms. The summed E-state index contributed by atoms with van der Waals surface area (Å²) in [5.41, 5.74) is -0.243. The highest BCUT2D eigenvalue weighted by Crippen LogP contribution is 2.32. The summed E-state index contributed by atoms with van der Waals surface area (Å²) in [7, 11) is 0. The number of ether oxygens (including phenoxy) is 5. The molecule has 0 atom stereocenters. The van der Waals surface area contributed by atoms with Gasteiger partial charge in [0.15, 0.2) is 0 Å². The van der Waals surface area contributed by atoms with Gasteiger partial charge in [-0.1, -0.05) is 0 Å². The number of nitrogens with zero attached hydrogens (tertiary/aromatic N) is 2. The largest absolute Gasteiger partial charge is 0.425 e. The Morgan fingerprint density at radius 3 is 1.47 bits per heavy atom. The molecule has 0 unspecified atom stereocenters. The van der Waals surface area contributed by atoms with Gasteiger partial charge in [0, 0.05) is 41.8 Å². The molecule has 3 rings (SSSR count). The minimum atomic E-state index is -0.759. The minimum absolute atomic E-state index is 0.0105. The number of benzene rings is 2. The van der Waals surface area contributed by atoms with Crippen molar-refractivity contribution in [1.29, 1.82) is 0 Å². The number of carbonyl (C=O) groups excluding carboxylic acids is 2. The van der Waals surface area contributed by atoms with E-state index in [4.69, 9.17) is 23.7 Å². The van der Waals surface area contributed by atoms with Gasteiger partial charge in [0.25, 0.3) is 11.4 Å². The number of esters is 2. The zero-order valence-electron chi connectivity index (χ0n) is 17.8. The SMILES string of the molecule is O=C1COCCOCCOCC(=O)Oc2ccc([N+](=O)[O-])cc2Cc2cc([N+](=O)[O-])ccc2O1. The average molecular weight is 476 g/mol. The minimum Gasteiger partial charge on any atom is -0.425 e. The molecule has 0 aromatic heterocycles. The molecule has 2 aromatic rings. The van der Waals surface area contributed by atoms with E-state index in [1.165, 1.54) is 24.3 Å². The van der Waals surface area contributed by atoms with Gasteiger partial charge in [-0.2, -0.15) is 0 Å². The fourth-order valence-electron chi connectivity index (χ4n) is 2.99. The maximum absolute atomic E-state index is 12.2. The number of nitro groups is 2. The van der Waals surface area contributed by atoms with Gasteiger partial charge in [-0.25, -0.2) is 9.59 Å². The fourth-order valence-corrected chi connectivity index (χ4v) is 2.99. The van der Waals surface area contributed by atoms with Crippen LogP contribution in [-0.4, -0.2) is 61.4 Å². The summed E-state index contributed by atoms with van der Waals surface area (Å²) >= 11 is 0. The van der Waals surface area contributed by atoms with Gasteiger partial charge in [-0.15, -0.1) is 0 Å². The first-order valence-corrected chi connectivity index (χ1v) is 10.0. The normalized spacial score (nSPS) is 16.1. The predicted octanol–water partition coefficient (Wildman–Crippen LogP) is 1.97. The standard InChI is InChI=1S/C21H20N2O11/c24-20-12-31-7-5-30-6-8-32-13-21(25)34-19-4-2-17(23(28)29)11-15(19)9-14-10-16(22(26)27)1-3-18(14)33-20/h1-4,10-11H,5-9,12-13H2. The van der Waals surface area contributed by atoms with Gasteiger partial charge >= 0.3 is 11.9 Å². The highest BCUT2D eigenvalue weighted by molar-refractivity contribution is 5.75. The van der Waals surface area contributed by atoms with E-state index in [-0.39, 0.29) is 66.8 Å². The van der Waals surface area contributed by atoms with Crippen LogP contribution in [0.1, 0.15) is 11.1 Å². The summed E-state index contributed by atoms with van der Waals surface area (Å²) in [5.74, 6) is -1.54. The zero-order chi connectivity index (χ0) is 24.5. The van der Waals surface area contributed by atoms with E-state index in [9.17, 15) is 29.8 Å². The Hall–Kier alpha value is -3.94. The van der Waals surface area contributed by atoms with Crippen LogP contribution in [0.4, 0.5) is 11.4 Å². The van der Waals surface area contributed by atoms with Crippen LogP contribution in [0.3, 0.4) is 0 Å². The third kappa shape index (κ3) is 7.03.